The van der Waals surface area contributed by atoms with Crippen LogP contribution in [0.1, 0.15) is 19.5 Å². The zero-order valence-corrected chi connectivity index (χ0v) is 10.0. The van der Waals surface area contributed by atoms with Crippen LogP contribution in [0, 0.1) is 5.92 Å². The normalized spacial score (nSPS) is 11.5. The van der Waals surface area contributed by atoms with Gasteiger partial charge in [0.05, 0.1) is 16.1 Å². The Balaban J connectivity index is 2.59. The van der Waals surface area contributed by atoms with Gasteiger partial charge in [0, 0.05) is 18.9 Å². The number of rotatable bonds is 2. The third kappa shape index (κ3) is 1.86. The maximum Gasteiger partial charge on any atom is 0.0899 e. The van der Waals surface area contributed by atoms with Crippen molar-refractivity contribution in [3.63, 3.8) is 0 Å². The molecule has 80 valence electrons. The number of hydrogen-bond donors (Lipinski definition) is 0. The predicted molar refractivity (Wildman–Crippen MR) is 64.3 cm³/mol. The molecule has 0 saturated heterocycles. The van der Waals surface area contributed by atoms with Crippen molar-refractivity contribution in [1.82, 2.24) is 9.55 Å². The minimum absolute atomic E-state index is 0.645. The van der Waals surface area contributed by atoms with Gasteiger partial charge in [0.1, 0.15) is 0 Å². The lowest BCUT2D eigenvalue weighted by Crippen LogP contribution is -2.00. The lowest BCUT2D eigenvalue weighted by atomic mass is 10.1. The molecule has 0 fully saturated rings. The average Bonchev–Trinajstić information content (AvgIpc) is 2.44. The minimum Gasteiger partial charge on any atom is -0.345 e. The molecule has 2 heterocycles. The van der Waals surface area contributed by atoms with Gasteiger partial charge in [-0.15, -0.1) is 0 Å². The van der Waals surface area contributed by atoms with Crippen molar-refractivity contribution in [3.8, 4) is 0 Å². The van der Waals surface area contributed by atoms with Crippen molar-refractivity contribution in [3.05, 3.63) is 29.0 Å². The highest BCUT2D eigenvalue weighted by atomic mass is 35.5. The van der Waals surface area contributed by atoms with E-state index in [0.717, 1.165) is 22.5 Å². The Kier molecular flexibility index (Phi) is 2.70. The molecule has 0 atom stereocenters. The molecule has 0 unspecified atom stereocenters. The van der Waals surface area contributed by atoms with E-state index in [-0.39, 0.29) is 0 Å². The van der Waals surface area contributed by atoms with Crippen LogP contribution < -0.4 is 0 Å². The molecule has 2 aromatic heterocycles. The third-order valence-electron chi connectivity index (χ3n) is 2.59. The van der Waals surface area contributed by atoms with Gasteiger partial charge in [-0.25, -0.2) is 0 Å². The van der Waals surface area contributed by atoms with E-state index < -0.39 is 0 Å². The standard InChI is InChI=1S/C12H15ClN2/c1-8(2)6-9-7-11-12(15(9)3)10(13)4-5-14-11/h4-5,7-8H,6H2,1-3H3. The zero-order chi connectivity index (χ0) is 11.0. The molecule has 0 aromatic carbocycles. The fraction of sp³-hybridized carbons (Fsp3) is 0.417. The molecule has 0 spiro atoms. The molecule has 15 heavy (non-hydrogen) atoms. The fourth-order valence-corrected chi connectivity index (χ4v) is 2.18. The molecule has 0 aliphatic rings. The molecule has 0 saturated carbocycles. The van der Waals surface area contributed by atoms with E-state index in [4.69, 9.17) is 11.6 Å². The van der Waals surface area contributed by atoms with Gasteiger partial charge in [-0.3, -0.25) is 4.98 Å². The summed E-state index contributed by atoms with van der Waals surface area (Å²) in [6.45, 7) is 4.43. The molecule has 0 radical (unpaired) electrons. The van der Waals surface area contributed by atoms with Crippen molar-refractivity contribution >= 4 is 22.6 Å². The molecular formula is C12H15ClN2. The van der Waals surface area contributed by atoms with Crippen LogP contribution in [0.5, 0.6) is 0 Å². The minimum atomic E-state index is 0.645. The summed E-state index contributed by atoms with van der Waals surface area (Å²) in [6, 6.07) is 3.96. The Labute approximate surface area is 94.9 Å². The van der Waals surface area contributed by atoms with Crippen LogP contribution in [-0.2, 0) is 13.5 Å². The second-order valence-corrected chi connectivity index (χ2v) is 4.73. The maximum absolute atomic E-state index is 6.15. The van der Waals surface area contributed by atoms with Crippen molar-refractivity contribution in [2.75, 3.05) is 0 Å². The summed E-state index contributed by atoms with van der Waals surface area (Å²) in [4.78, 5) is 4.33. The van der Waals surface area contributed by atoms with E-state index in [0.29, 0.717) is 5.92 Å². The fourth-order valence-electron chi connectivity index (χ4n) is 1.90. The number of aryl methyl sites for hydroxylation is 1. The van der Waals surface area contributed by atoms with Crippen LogP contribution in [0.3, 0.4) is 0 Å². The first-order valence-electron chi connectivity index (χ1n) is 5.18. The van der Waals surface area contributed by atoms with Gasteiger partial charge in [0.2, 0.25) is 0 Å². The monoisotopic (exact) mass is 222 g/mol. The zero-order valence-electron chi connectivity index (χ0n) is 9.29. The van der Waals surface area contributed by atoms with Crippen LogP contribution in [-0.4, -0.2) is 9.55 Å². The van der Waals surface area contributed by atoms with E-state index in [1.807, 2.05) is 13.1 Å². The topological polar surface area (TPSA) is 17.8 Å². The summed E-state index contributed by atoms with van der Waals surface area (Å²) in [7, 11) is 2.05. The molecule has 0 aliphatic carbocycles. The van der Waals surface area contributed by atoms with Crippen molar-refractivity contribution in [2.24, 2.45) is 13.0 Å². The Morgan fingerprint density at radius 3 is 2.80 bits per heavy atom. The number of aromatic nitrogens is 2. The number of fused-ring (bicyclic) bond motifs is 1. The third-order valence-corrected chi connectivity index (χ3v) is 2.90. The SMILES string of the molecule is CC(C)Cc1cc2nccc(Cl)c2n1C. The van der Waals surface area contributed by atoms with Crippen molar-refractivity contribution in [1.29, 1.82) is 0 Å². The molecule has 0 N–H and O–H groups in total. The first kappa shape index (κ1) is 10.5. The Morgan fingerprint density at radius 2 is 2.20 bits per heavy atom. The largest absolute Gasteiger partial charge is 0.345 e. The molecule has 2 aromatic rings. The summed E-state index contributed by atoms with van der Waals surface area (Å²) >= 11 is 6.15. The van der Waals surface area contributed by atoms with Gasteiger partial charge in [0.25, 0.3) is 0 Å². The molecule has 0 bridgehead atoms. The number of pyridine rings is 1. The van der Waals surface area contributed by atoms with Crippen LogP contribution in [0.25, 0.3) is 11.0 Å². The van der Waals surface area contributed by atoms with Crippen molar-refractivity contribution in [2.45, 2.75) is 20.3 Å². The quantitative estimate of drug-likeness (QED) is 0.761. The van der Waals surface area contributed by atoms with Gasteiger partial charge in [-0.2, -0.15) is 0 Å². The summed E-state index contributed by atoms with van der Waals surface area (Å²) in [5.41, 5.74) is 3.32. The lowest BCUT2D eigenvalue weighted by molar-refractivity contribution is 0.620. The van der Waals surface area contributed by atoms with Gasteiger partial charge in [0.15, 0.2) is 0 Å². The Morgan fingerprint density at radius 1 is 1.47 bits per heavy atom. The highest BCUT2D eigenvalue weighted by molar-refractivity contribution is 6.34. The number of nitrogens with zero attached hydrogens (tertiary/aromatic N) is 2. The molecular weight excluding hydrogens is 208 g/mol. The lowest BCUT2D eigenvalue weighted by Gasteiger charge is -2.06. The van der Waals surface area contributed by atoms with Crippen LogP contribution in [0.15, 0.2) is 18.3 Å². The van der Waals surface area contributed by atoms with Crippen LogP contribution in [0.2, 0.25) is 5.02 Å². The summed E-state index contributed by atoms with van der Waals surface area (Å²) in [5.74, 6) is 0.645. The summed E-state index contributed by atoms with van der Waals surface area (Å²) in [5, 5.41) is 0.775. The van der Waals surface area contributed by atoms with E-state index >= 15 is 0 Å². The summed E-state index contributed by atoms with van der Waals surface area (Å²) in [6.07, 6.45) is 2.81. The van der Waals surface area contributed by atoms with Crippen LogP contribution >= 0.6 is 11.6 Å². The van der Waals surface area contributed by atoms with Crippen molar-refractivity contribution < 1.29 is 0 Å². The molecule has 2 rings (SSSR count). The van der Waals surface area contributed by atoms with Gasteiger partial charge in [-0.1, -0.05) is 25.4 Å². The average molecular weight is 223 g/mol. The predicted octanol–water partition coefficient (Wildman–Crippen LogP) is 3.43. The van der Waals surface area contributed by atoms with Gasteiger partial charge in [-0.05, 0) is 24.5 Å². The van der Waals surface area contributed by atoms with E-state index in [2.05, 4.69) is 29.5 Å². The molecule has 2 nitrogen and oxygen atoms in total. The van der Waals surface area contributed by atoms with E-state index in [1.165, 1.54) is 5.69 Å². The second kappa shape index (κ2) is 3.86. The second-order valence-electron chi connectivity index (χ2n) is 4.32. The highest BCUT2D eigenvalue weighted by Crippen LogP contribution is 2.25. The summed E-state index contributed by atoms with van der Waals surface area (Å²) < 4.78 is 2.14. The first-order valence-corrected chi connectivity index (χ1v) is 5.56. The number of halogens is 1. The first-order chi connectivity index (χ1) is 7.09. The maximum atomic E-state index is 6.15. The highest BCUT2D eigenvalue weighted by Gasteiger charge is 2.10. The number of hydrogen-bond acceptors (Lipinski definition) is 1. The van der Waals surface area contributed by atoms with E-state index in [9.17, 15) is 0 Å². The van der Waals surface area contributed by atoms with Gasteiger partial charge >= 0.3 is 0 Å². The van der Waals surface area contributed by atoms with Gasteiger partial charge < -0.3 is 4.57 Å². The van der Waals surface area contributed by atoms with E-state index in [1.54, 1.807) is 6.20 Å². The molecule has 0 amide bonds. The Hall–Kier alpha value is -1.02. The Bertz CT molecular complexity index is 486. The molecule has 3 heteroatoms. The molecule has 0 aliphatic heterocycles. The smallest absolute Gasteiger partial charge is 0.0899 e. The van der Waals surface area contributed by atoms with Crippen LogP contribution in [0.4, 0.5) is 0 Å².